The van der Waals surface area contributed by atoms with Gasteiger partial charge in [0.1, 0.15) is 0 Å². The maximum atomic E-state index is 5.67. The minimum Gasteiger partial charge on any atom is -0.214 e. The summed E-state index contributed by atoms with van der Waals surface area (Å²) in [5, 5.41) is 2.63. The van der Waals surface area contributed by atoms with Crippen LogP contribution in [0.15, 0.2) is 41.3 Å². The first kappa shape index (κ1) is 23.4. The highest BCUT2D eigenvalue weighted by Gasteiger charge is 2.00. The fourth-order valence-corrected chi connectivity index (χ4v) is 2.82. The lowest BCUT2D eigenvalue weighted by Crippen LogP contribution is -1.70. The molecule has 0 saturated heterocycles. The van der Waals surface area contributed by atoms with E-state index in [2.05, 4.69) is 12.6 Å². The van der Waals surface area contributed by atoms with Gasteiger partial charge in [0.25, 0.3) is 0 Å². The number of halogens is 7. The predicted molar refractivity (Wildman–Crippen MR) is 108 cm³/mol. The molecule has 9 heteroatoms. The maximum absolute atomic E-state index is 5.67. The van der Waals surface area contributed by atoms with Crippen molar-refractivity contribution >= 4 is 101 Å². The Hall–Kier alpha value is 1.35. The summed E-state index contributed by atoms with van der Waals surface area (Å²) in [5.74, 6) is 0. The van der Waals surface area contributed by atoms with Gasteiger partial charge in [-0.1, -0.05) is 46.4 Å². The SMILES string of the molecule is Cc1cc(Cl)cc(Cl)c1.Sc1cc(Cl)cc(Cl)c1.[Cl][Al]([Cl])[Cl]. The smallest absolute Gasteiger partial charge is 0.214 e. The zero-order chi connectivity index (χ0) is 17.3. The third-order valence-corrected chi connectivity index (χ3v) is 2.99. The molecule has 0 unspecified atom stereocenters. The fourth-order valence-electron chi connectivity index (χ4n) is 1.23. The van der Waals surface area contributed by atoms with Crippen LogP contribution >= 0.6 is 89.2 Å². The molecule has 0 radical (unpaired) electrons. The lowest BCUT2D eigenvalue weighted by molar-refractivity contribution is 1.47. The number of benzene rings is 2. The molecule has 0 atom stereocenters. The van der Waals surface area contributed by atoms with Crippen molar-refractivity contribution in [2.75, 3.05) is 0 Å². The summed E-state index contributed by atoms with van der Waals surface area (Å²) in [5.41, 5.74) is 1.09. The van der Waals surface area contributed by atoms with Crippen LogP contribution in [-0.4, -0.2) is 11.4 Å². The number of hydrogen-bond donors (Lipinski definition) is 1. The highest BCUT2D eigenvalue weighted by atomic mass is 35.8. The van der Waals surface area contributed by atoms with Crippen molar-refractivity contribution in [2.24, 2.45) is 0 Å². The molecule has 0 saturated carbocycles. The van der Waals surface area contributed by atoms with Crippen molar-refractivity contribution in [3.63, 3.8) is 0 Å². The Labute approximate surface area is 173 Å². The van der Waals surface area contributed by atoms with Crippen LogP contribution in [0.3, 0.4) is 0 Å². The van der Waals surface area contributed by atoms with E-state index in [9.17, 15) is 0 Å². The maximum Gasteiger partial charge on any atom is 0.643 e. The summed E-state index contributed by atoms with van der Waals surface area (Å²) < 4.78 is 0. The van der Waals surface area contributed by atoms with Gasteiger partial charge in [0.2, 0.25) is 0 Å². The van der Waals surface area contributed by atoms with Crippen molar-refractivity contribution in [2.45, 2.75) is 11.8 Å². The molecule has 0 spiro atoms. The second-order valence-electron chi connectivity index (χ2n) is 3.82. The second-order valence-corrected chi connectivity index (χ2v) is 12.5. The molecule has 0 heterocycles. The first-order chi connectivity index (χ1) is 10.1. The highest BCUT2D eigenvalue weighted by molar-refractivity contribution is 7.80. The van der Waals surface area contributed by atoms with Crippen molar-refractivity contribution in [3.05, 3.63) is 62.1 Å². The van der Waals surface area contributed by atoms with E-state index >= 15 is 0 Å². The van der Waals surface area contributed by atoms with Crippen LogP contribution in [0, 0.1) is 6.92 Å². The number of aryl methyl sites for hydroxylation is 1. The van der Waals surface area contributed by atoms with Gasteiger partial charge in [0.05, 0.1) is 0 Å². The van der Waals surface area contributed by atoms with E-state index in [1.165, 1.54) is 0 Å². The van der Waals surface area contributed by atoms with Gasteiger partial charge in [0, 0.05) is 25.0 Å². The third-order valence-electron chi connectivity index (χ3n) is 1.85. The molecule has 2 rings (SSSR count). The molecule has 0 nitrogen and oxygen atoms in total. The number of thiol groups is 1. The van der Waals surface area contributed by atoms with Gasteiger partial charge in [-0.3, -0.25) is 0 Å². The monoisotopic (exact) mass is 470 g/mol. The number of rotatable bonds is 0. The van der Waals surface area contributed by atoms with Gasteiger partial charge in [0.15, 0.2) is 0 Å². The average Bonchev–Trinajstić information content (AvgIpc) is 2.23. The van der Waals surface area contributed by atoms with E-state index < -0.39 is 11.4 Å². The Morgan fingerprint density at radius 1 is 0.682 bits per heavy atom. The van der Waals surface area contributed by atoms with Crippen LogP contribution in [0.25, 0.3) is 0 Å². The van der Waals surface area contributed by atoms with Gasteiger partial charge in [-0.2, -0.15) is 0 Å². The second kappa shape index (κ2) is 12.7. The van der Waals surface area contributed by atoms with Crippen LogP contribution in [0.4, 0.5) is 0 Å². The Balaban J connectivity index is 0.000000326. The summed E-state index contributed by atoms with van der Waals surface area (Å²) in [6.45, 7) is 1.96. The van der Waals surface area contributed by atoms with Crippen LogP contribution in [0.1, 0.15) is 5.56 Å². The molecule has 0 aromatic heterocycles. The van der Waals surface area contributed by atoms with Crippen molar-refractivity contribution in [1.82, 2.24) is 0 Å². The zero-order valence-electron chi connectivity index (χ0n) is 11.1. The standard InChI is InChI=1S/C7H6Cl2.C6H4Cl2S.Al.3ClH/c1-5-2-6(8)4-7(9)3-5;7-4-1-5(8)3-6(9)2-4;;;;/h2-4H,1H3;1-3,9H;;3*1H/q;;+3;;;/p-3. The Morgan fingerprint density at radius 3 is 1.18 bits per heavy atom. The van der Waals surface area contributed by atoms with E-state index in [-0.39, 0.29) is 0 Å². The lowest BCUT2D eigenvalue weighted by Gasteiger charge is -1.93. The molecule has 120 valence electrons. The minimum atomic E-state index is -1.72. The summed E-state index contributed by atoms with van der Waals surface area (Å²) in [6, 6.07) is 10.6. The number of hydrogen-bond acceptors (Lipinski definition) is 1. The van der Waals surface area contributed by atoms with Crippen molar-refractivity contribution in [1.29, 1.82) is 0 Å². The topological polar surface area (TPSA) is 0 Å². The summed E-state index contributed by atoms with van der Waals surface area (Å²) >= 11 is 24.9. The third kappa shape index (κ3) is 13.8. The average molecular weight is 473 g/mol. The molecular weight excluding hydrogens is 463 g/mol. The highest BCUT2D eigenvalue weighted by Crippen LogP contribution is 2.20. The van der Waals surface area contributed by atoms with E-state index in [0.29, 0.717) is 20.1 Å². The van der Waals surface area contributed by atoms with E-state index in [0.717, 1.165) is 10.5 Å². The van der Waals surface area contributed by atoms with Crippen LogP contribution in [0.5, 0.6) is 0 Å². The van der Waals surface area contributed by atoms with Gasteiger partial charge in [-0.25, -0.2) is 30.1 Å². The quantitative estimate of drug-likeness (QED) is 0.289. The predicted octanol–water partition coefficient (Wildman–Crippen LogP) is 8.27. The normalized spacial score (nSPS) is 9.14. The van der Waals surface area contributed by atoms with Crippen molar-refractivity contribution in [3.8, 4) is 0 Å². The Kier molecular flexibility index (Phi) is 13.5. The van der Waals surface area contributed by atoms with Gasteiger partial charge in [-0.15, -0.1) is 12.6 Å². The first-order valence-corrected chi connectivity index (χ1v) is 12.8. The van der Waals surface area contributed by atoms with E-state index in [1.54, 1.807) is 24.3 Å². The summed E-state index contributed by atoms with van der Waals surface area (Å²) in [7, 11) is 14.8. The first-order valence-electron chi connectivity index (χ1n) is 5.60. The summed E-state index contributed by atoms with van der Waals surface area (Å²) in [4.78, 5) is 0.785. The molecule has 0 amide bonds. The van der Waals surface area contributed by atoms with Crippen LogP contribution in [-0.2, 0) is 0 Å². The molecule has 0 aliphatic carbocycles. The molecular formula is C13H10AlCl7S. The van der Waals surface area contributed by atoms with E-state index in [4.69, 9.17) is 76.6 Å². The molecule has 0 bridgehead atoms. The molecule has 2 aromatic carbocycles. The largest absolute Gasteiger partial charge is 0.643 e. The Morgan fingerprint density at radius 2 is 0.955 bits per heavy atom. The zero-order valence-corrected chi connectivity index (χ0v) is 18.5. The molecule has 0 fully saturated rings. The molecule has 2 aromatic rings. The van der Waals surface area contributed by atoms with Gasteiger partial charge < -0.3 is 0 Å². The minimum absolute atomic E-state index is 0.618. The fraction of sp³-hybridized carbons (Fsp3) is 0.0769. The van der Waals surface area contributed by atoms with Crippen LogP contribution < -0.4 is 0 Å². The molecule has 0 N–H and O–H groups in total. The molecule has 0 aliphatic rings. The van der Waals surface area contributed by atoms with Gasteiger partial charge in [-0.05, 0) is 48.9 Å². The van der Waals surface area contributed by atoms with E-state index in [1.807, 2.05) is 19.1 Å². The van der Waals surface area contributed by atoms with Gasteiger partial charge >= 0.3 is 11.4 Å². The Bertz CT molecular complexity index is 439. The summed E-state index contributed by atoms with van der Waals surface area (Å²) in [6.07, 6.45) is 0. The molecule has 22 heavy (non-hydrogen) atoms. The molecule has 0 aliphatic heterocycles. The van der Waals surface area contributed by atoms with Crippen LogP contribution in [0.2, 0.25) is 20.1 Å². The lowest BCUT2D eigenvalue weighted by atomic mass is 10.2. The van der Waals surface area contributed by atoms with Crippen molar-refractivity contribution < 1.29 is 0 Å².